The van der Waals surface area contributed by atoms with Crippen molar-refractivity contribution in [3.63, 3.8) is 0 Å². The van der Waals surface area contributed by atoms with Gasteiger partial charge in [-0.25, -0.2) is 0 Å². The lowest BCUT2D eigenvalue weighted by Gasteiger charge is -2.28. The number of allylic oxidation sites excluding steroid dienone is 3. The summed E-state index contributed by atoms with van der Waals surface area (Å²) in [5.74, 6) is 0.857. The Labute approximate surface area is 120 Å². The molecule has 2 rings (SSSR count). The molecule has 20 heavy (non-hydrogen) atoms. The number of hydrogen-bond acceptors (Lipinski definition) is 3. The Morgan fingerprint density at radius 3 is 2.65 bits per heavy atom. The lowest BCUT2D eigenvalue weighted by Crippen LogP contribution is -2.21. The lowest BCUT2D eigenvalue weighted by molar-refractivity contribution is 0.308. The van der Waals surface area contributed by atoms with E-state index in [-0.39, 0.29) is 5.41 Å². The van der Waals surface area contributed by atoms with Gasteiger partial charge in [-0.2, -0.15) is 0 Å². The summed E-state index contributed by atoms with van der Waals surface area (Å²) >= 11 is 0. The first-order valence-corrected chi connectivity index (χ1v) is 6.77. The van der Waals surface area contributed by atoms with Crippen LogP contribution in [0.4, 0.5) is 0 Å². The minimum atomic E-state index is 0.122. The zero-order chi connectivity index (χ0) is 14.6. The van der Waals surface area contributed by atoms with Crippen molar-refractivity contribution in [3.8, 4) is 5.75 Å². The molecule has 0 amide bonds. The molecule has 1 aromatic carbocycles. The average molecular weight is 271 g/mol. The van der Waals surface area contributed by atoms with Crippen molar-refractivity contribution in [1.82, 2.24) is 0 Å². The summed E-state index contributed by atoms with van der Waals surface area (Å²) in [5.41, 5.74) is 3.07. The van der Waals surface area contributed by atoms with Gasteiger partial charge in [0.05, 0.1) is 12.8 Å². The third-order valence-electron chi connectivity index (χ3n) is 3.44. The fourth-order valence-electron chi connectivity index (χ4n) is 2.59. The van der Waals surface area contributed by atoms with Gasteiger partial charge in [0.25, 0.3) is 0 Å². The van der Waals surface area contributed by atoms with Crippen LogP contribution in [0.15, 0.2) is 47.1 Å². The average Bonchev–Trinajstić information content (AvgIpc) is 2.43. The number of methoxy groups -OCH3 is 1. The lowest BCUT2D eigenvalue weighted by atomic mass is 9.76. The van der Waals surface area contributed by atoms with Gasteiger partial charge in [-0.1, -0.05) is 49.4 Å². The molecule has 0 aliphatic heterocycles. The van der Waals surface area contributed by atoms with Gasteiger partial charge < -0.3 is 9.94 Å². The first kappa shape index (κ1) is 14.4. The summed E-state index contributed by atoms with van der Waals surface area (Å²) < 4.78 is 5.33. The molecule has 0 bridgehead atoms. The number of para-hydroxylation sites is 1. The zero-order valence-corrected chi connectivity index (χ0v) is 12.3. The molecule has 1 aliphatic carbocycles. The SMILES string of the molecule is COc1ccccc1C=CC1=CC(=NO)CC(C)(C)C1. The second kappa shape index (κ2) is 5.95. The molecular weight excluding hydrogens is 250 g/mol. The topological polar surface area (TPSA) is 41.8 Å². The van der Waals surface area contributed by atoms with Crippen molar-refractivity contribution in [2.45, 2.75) is 26.7 Å². The van der Waals surface area contributed by atoms with Crippen molar-refractivity contribution in [1.29, 1.82) is 0 Å². The smallest absolute Gasteiger partial charge is 0.126 e. The highest BCUT2D eigenvalue weighted by Crippen LogP contribution is 2.35. The van der Waals surface area contributed by atoms with E-state index >= 15 is 0 Å². The Kier molecular flexibility index (Phi) is 4.28. The molecule has 3 nitrogen and oxygen atoms in total. The summed E-state index contributed by atoms with van der Waals surface area (Å²) in [6.07, 6.45) is 7.84. The van der Waals surface area contributed by atoms with E-state index in [1.54, 1.807) is 7.11 Å². The molecule has 1 aromatic rings. The van der Waals surface area contributed by atoms with Gasteiger partial charge in [0.2, 0.25) is 0 Å². The Morgan fingerprint density at radius 2 is 1.95 bits per heavy atom. The Hall–Kier alpha value is -2.03. The molecule has 0 fully saturated rings. The van der Waals surface area contributed by atoms with Crippen molar-refractivity contribution in [2.75, 3.05) is 7.11 Å². The fourth-order valence-corrected chi connectivity index (χ4v) is 2.59. The molecular formula is C17H21NO2. The molecule has 0 saturated heterocycles. The number of ether oxygens (including phenoxy) is 1. The van der Waals surface area contributed by atoms with E-state index < -0.39 is 0 Å². The van der Waals surface area contributed by atoms with Crippen LogP contribution in [0.3, 0.4) is 0 Å². The molecule has 106 valence electrons. The fraction of sp³-hybridized carbons (Fsp3) is 0.353. The van der Waals surface area contributed by atoms with Gasteiger partial charge in [-0.3, -0.25) is 0 Å². The number of hydrogen-bond donors (Lipinski definition) is 1. The summed E-state index contributed by atoms with van der Waals surface area (Å²) in [6.45, 7) is 4.37. The molecule has 0 radical (unpaired) electrons. The largest absolute Gasteiger partial charge is 0.496 e. The van der Waals surface area contributed by atoms with Gasteiger partial charge >= 0.3 is 0 Å². The van der Waals surface area contributed by atoms with E-state index in [4.69, 9.17) is 9.94 Å². The molecule has 0 heterocycles. The molecule has 1 N–H and O–H groups in total. The second-order valence-corrected chi connectivity index (χ2v) is 5.90. The maximum absolute atomic E-state index is 9.01. The summed E-state index contributed by atoms with van der Waals surface area (Å²) in [7, 11) is 1.67. The molecule has 0 spiro atoms. The van der Waals surface area contributed by atoms with Crippen molar-refractivity contribution in [2.24, 2.45) is 10.6 Å². The number of rotatable bonds is 3. The third-order valence-corrected chi connectivity index (χ3v) is 3.44. The maximum Gasteiger partial charge on any atom is 0.126 e. The van der Waals surface area contributed by atoms with E-state index in [0.717, 1.165) is 29.9 Å². The quantitative estimate of drug-likeness (QED) is 0.658. The first-order chi connectivity index (χ1) is 9.54. The number of benzene rings is 1. The van der Waals surface area contributed by atoms with Gasteiger partial charge in [-0.05, 0) is 36.0 Å². The van der Waals surface area contributed by atoms with Crippen LogP contribution in [0.2, 0.25) is 0 Å². The Bertz CT molecular complexity index is 568. The minimum absolute atomic E-state index is 0.122. The Balaban J connectivity index is 2.24. The zero-order valence-electron chi connectivity index (χ0n) is 12.3. The summed E-state index contributed by atoms with van der Waals surface area (Å²) in [6, 6.07) is 7.90. The van der Waals surface area contributed by atoms with Crippen LogP contribution < -0.4 is 4.74 Å². The van der Waals surface area contributed by atoms with Crippen molar-refractivity contribution >= 4 is 11.8 Å². The molecule has 0 unspecified atom stereocenters. The highest BCUT2D eigenvalue weighted by molar-refractivity contribution is 5.97. The van der Waals surface area contributed by atoms with Crippen LogP contribution in [0, 0.1) is 5.41 Å². The van der Waals surface area contributed by atoms with Crippen LogP contribution in [-0.2, 0) is 0 Å². The maximum atomic E-state index is 9.01. The van der Waals surface area contributed by atoms with E-state index in [1.807, 2.05) is 36.4 Å². The normalized spacial score (nSPS) is 20.1. The molecule has 0 atom stereocenters. The van der Waals surface area contributed by atoms with E-state index in [1.165, 1.54) is 5.57 Å². The van der Waals surface area contributed by atoms with Gasteiger partial charge in [0.1, 0.15) is 5.75 Å². The monoisotopic (exact) mass is 271 g/mol. The molecule has 0 aromatic heterocycles. The predicted molar refractivity (Wildman–Crippen MR) is 82.3 cm³/mol. The third kappa shape index (κ3) is 3.50. The highest BCUT2D eigenvalue weighted by Gasteiger charge is 2.25. The van der Waals surface area contributed by atoms with Crippen LogP contribution in [0.25, 0.3) is 6.08 Å². The van der Waals surface area contributed by atoms with Crippen LogP contribution >= 0.6 is 0 Å². The molecule has 1 aliphatic rings. The molecule has 0 saturated carbocycles. The van der Waals surface area contributed by atoms with Crippen molar-refractivity contribution in [3.05, 3.63) is 47.6 Å². The van der Waals surface area contributed by atoms with Crippen LogP contribution in [0.5, 0.6) is 5.75 Å². The minimum Gasteiger partial charge on any atom is -0.496 e. The van der Waals surface area contributed by atoms with Crippen LogP contribution in [0.1, 0.15) is 32.3 Å². The van der Waals surface area contributed by atoms with Gasteiger partial charge in [-0.15, -0.1) is 0 Å². The van der Waals surface area contributed by atoms with Crippen molar-refractivity contribution < 1.29 is 9.94 Å². The number of nitrogens with zero attached hydrogens (tertiary/aromatic N) is 1. The summed E-state index contributed by atoms with van der Waals surface area (Å²) in [5, 5.41) is 12.4. The highest BCUT2D eigenvalue weighted by atomic mass is 16.5. The van der Waals surface area contributed by atoms with Crippen LogP contribution in [-0.4, -0.2) is 18.0 Å². The van der Waals surface area contributed by atoms with E-state index in [9.17, 15) is 0 Å². The second-order valence-electron chi connectivity index (χ2n) is 5.90. The number of oxime groups is 1. The molecule has 3 heteroatoms. The van der Waals surface area contributed by atoms with E-state index in [2.05, 4.69) is 25.1 Å². The first-order valence-electron chi connectivity index (χ1n) is 6.77. The standard InChI is InChI=1S/C17H21NO2/c1-17(2)11-13(10-15(12-17)18-19)8-9-14-6-4-5-7-16(14)20-3/h4-10,19H,11-12H2,1-3H3. The van der Waals surface area contributed by atoms with E-state index in [0.29, 0.717) is 0 Å². The predicted octanol–water partition coefficient (Wildman–Crippen LogP) is 4.29. The Morgan fingerprint density at radius 1 is 1.20 bits per heavy atom. The van der Waals surface area contributed by atoms with Gasteiger partial charge in [0.15, 0.2) is 0 Å². The van der Waals surface area contributed by atoms with Gasteiger partial charge in [0, 0.05) is 5.56 Å². The summed E-state index contributed by atoms with van der Waals surface area (Å²) in [4.78, 5) is 0.